The SMILES string of the molecule is CC(C)C(OC(=O)C1CC=CC1)C(F)(F)C(=O)O. The van der Waals surface area contributed by atoms with Crippen molar-refractivity contribution in [3.8, 4) is 0 Å². The summed E-state index contributed by atoms with van der Waals surface area (Å²) in [6, 6.07) is 0. The lowest BCUT2D eigenvalue weighted by atomic mass is 10.00. The van der Waals surface area contributed by atoms with E-state index in [1.165, 1.54) is 13.8 Å². The van der Waals surface area contributed by atoms with Crippen LogP contribution in [-0.4, -0.2) is 29.1 Å². The van der Waals surface area contributed by atoms with Crippen LogP contribution in [-0.2, 0) is 14.3 Å². The number of halogens is 2. The number of carboxylic acids is 1. The second-order valence-electron chi connectivity index (χ2n) is 4.67. The Morgan fingerprint density at radius 1 is 1.33 bits per heavy atom. The Morgan fingerprint density at radius 2 is 1.83 bits per heavy atom. The number of carbonyl (C=O) groups is 2. The van der Waals surface area contributed by atoms with Gasteiger partial charge in [0.1, 0.15) is 0 Å². The fourth-order valence-corrected chi connectivity index (χ4v) is 1.78. The highest BCUT2D eigenvalue weighted by atomic mass is 19.3. The molecule has 0 fully saturated rings. The first-order valence-electron chi connectivity index (χ1n) is 5.73. The van der Waals surface area contributed by atoms with Crippen molar-refractivity contribution in [2.75, 3.05) is 0 Å². The lowest BCUT2D eigenvalue weighted by Gasteiger charge is -2.27. The number of carboxylic acid groups (broad SMARTS) is 1. The molecule has 0 saturated carbocycles. The molecule has 0 amide bonds. The first kappa shape index (κ1) is 14.6. The van der Waals surface area contributed by atoms with Crippen molar-refractivity contribution >= 4 is 11.9 Å². The van der Waals surface area contributed by atoms with Crippen LogP contribution >= 0.6 is 0 Å². The predicted molar refractivity (Wildman–Crippen MR) is 59.2 cm³/mol. The standard InChI is InChI=1S/C12H16F2O4/c1-7(2)9(12(13,14)11(16)17)18-10(15)8-5-3-4-6-8/h3-4,7-9H,5-6H2,1-2H3,(H,16,17). The molecule has 0 saturated heterocycles. The Bertz CT molecular complexity index is 355. The molecule has 1 unspecified atom stereocenters. The first-order valence-corrected chi connectivity index (χ1v) is 5.73. The number of hydrogen-bond donors (Lipinski definition) is 1. The summed E-state index contributed by atoms with van der Waals surface area (Å²) in [6.45, 7) is 2.78. The van der Waals surface area contributed by atoms with Gasteiger partial charge in [0.15, 0.2) is 6.10 Å². The average molecular weight is 262 g/mol. The van der Waals surface area contributed by atoms with E-state index in [-0.39, 0.29) is 0 Å². The van der Waals surface area contributed by atoms with Crippen LogP contribution in [0.1, 0.15) is 26.7 Å². The molecule has 0 aliphatic heterocycles. The lowest BCUT2D eigenvalue weighted by molar-refractivity contribution is -0.201. The largest absolute Gasteiger partial charge is 0.477 e. The predicted octanol–water partition coefficient (Wildman–Crippen LogP) is 2.24. The van der Waals surface area contributed by atoms with Crippen molar-refractivity contribution < 1.29 is 28.2 Å². The van der Waals surface area contributed by atoms with Gasteiger partial charge >= 0.3 is 17.9 Å². The third-order valence-corrected chi connectivity index (χ3v) is 2.83. The summed E-state index contributed by atoms with van der Waals surface area (Å²) in [6.07, 6.45) is 2.49. The van der Waals surface area contributed by atoms with Crippen LogP contribution in [0.4, 0.5) is 8.78 Å². The number of ether oxygens (including phenoxy) is 1. The average Bonchev–Trinajstić information content (AvgIpc) is 2.77. The van der Waals surface area contributed by atoms with Crippen LogP contribution in [0.25, 0.3) is 0 Å². The lowest BCUT2D eigenvalue weighted by Crippen LogP contribution is -2.47. The monoisotopic (exact) mass is 262 g/mol. The Hall–Kier alpha value is -1.46. The number of carbonyl (C=O) groups excluding carboxylic acids is 1. The van der Waals surface area contributed by atoms with Gasteiger partial charge < -0.3 is 9.84 Å². The van der Waals surface area contributed by atoms with Gasteiger partial charge in [-0.25, -0.2) is 4.79 Å². The molecule has 1 rings (SSSR count). The minimum atomic E-state index is -4.07. The van der Waals surface area contributed by atoms with Crippen molar-refractivity contribution in [1.29, 1.82) is 0 Å². The molecule has 0 bridgehead atoms. The van der Waals surface area contributed by atoms with Crippen molar-refractivity contribution in [3.63, 3.8) is 0 Å². The van der Waals surface area contributed by atoms with Gasteiger partial charge in [-0.2, -0.15) is 8.78 Å². The quantitative estimate of drug-likeness (QED) is 0.609. The Kier molecular flexibility index (Phi) is 4.43. The second-order valence-corrected chi connectivity index (χ2v) is 4.67. The molecule has 0 spiro atoms. The summed E-state index contributed by atoms with van der Waals surface area (Å²) in [5, 5.41) is 8.49. The Balaban J connectivity index is 2.74. The number of aliphatic carboxylic acids is 1. The van der Waals surface area contributed by atoms with Crippen molar-refractivity contribution in [3.05, 3.63) is 12.2 Å². The molecule has 1 N–H and O–H groups in total. The molecule has 0 aromatic heterocycles. The zero-order valence-electron chi connectivity index (χ0n) is 10.2. The van der Waals surface area contributed by atoms with Crippen LogP contribution in [0.15, 0.2) is 12.2 Å². The van der Waals surface area contributed by atoms with Crippen LogP contribution in [0, 0.1) is 11.8 Å². The molecule has 1 aliphatic carbocycles. The molecule has 1 atom stereocenters. The molecule has 18 heavy (non-hydrogen) atoms. The highest BCUT2D eigenvalue weighted by molar-refractivity contribution is 5.78. The molecule has 6 heteroatoms. The van der Waals surface area contributed by atoms with E-state index in [1.807, 2.05) is 0 Å². The van der Waals surface area contributed by atoms with Crippen molar-refractivity contribution in [1.82, 2.24) is 0 Å². The summed E-state index contributed by atoms with van der Waals surface area (Å²) in [7, 11) is 0. The summed E-state index contributed by atoms with van der Waals surface area (Å²) in [5.41, 5.74) is 0. The Morgan fingerprint density at radius 3 is 2.22 bits per heavy atom. The van der Waals surface area contributed by atoms with Crippen molar-refractivity contribution in [2.45, 2.75) is 38.7 Å². The van der Waals surface area contributed by atoms with Gasteiger partial charge in [0.2, 0.25) is 0 Å². The van der Waals surface area contributed by atoms with Gasteiger partial charge in [-0.3, -0.25) is 4.79 Å². The molecule has 102 valence electrons. The molecular formula is C12H16F2O4. The van der Waals surface area contributed by atoms with E-state index in [0.717, 1.165) is 0 Å². The minimum absolute atomic E-state index is 0.447. The van der Waals surface area contributed by atoms with Gasteiger partial charge in [-0.05, 0) is 18.8 Å². The zero-order valence-corrected chi connectivity index (χ0v) is 10.2. The van der Waals surface area contributed by atoms with E-state index >= 15 is 0 Å². The maximum absolute atomic E-state index is 13.4. The molecule has 4 nitrogen and oxygen atoms in total. The van der Waals surface area contributed by atoms with E-state index in [0.29, 0.717) is 12.8 Å². The van der Waals surface area contributed by atoms with Crippen LogP contribution in [0.5, 0.6) is 0 Å². The van der Waals surface area contributed by atoms with Gasteiger partial charge in [-0.15, -0.1) is 0 Å². The second kappa shape index (κ2) is 5.46. The molecule has 0 heterocycles. The summed E-state index contributed by atoms with van der Waals surface area (Å²) < 4.78 is 31.5. The summed E-state index contributed by atoms with van der Waals surface area (Å²) in [4.78, 5) is 22.2. The molecular weight excluding hydrogens is 246 g/mol. The topological polar surface area (TPSA) is 63.6 Å². The number of hydrogen-bond acceptors (Lipinski definition) is 3. The minimum Gasteiger partial charge on any atom is -0.477 e. The summed E-state index contributed by atoms with van der Waals surface area (Å²) in [5.74, 6) is -8.38. The smallest absolute Gasteiger partial charge is 0.378 e. The highest BCUT2D eigenvalue weighted by Gasteiger charge is 2.52. The first-order chi connectivity index (χ1) is 8.26. The molecule has 0 radical (unpaired) electrons. The summed E-state index contributed by atoms with van der Waals surface area (Å²) >= 11 is 0. The number of alkyl halides is 2. The fourth-order valence-electron chi connectivity index (χ4n) is 1.78. The number of rotatable bonds is 5. The van der Waals surface area contributed by atoms with E-state index in [9.17, 15) is 18.4 Å². The third kappa shape index (κ3) is 3.05. The van der Waals surface area contributed by atoms with Gasteiger partial charge in [-0.1, -0.05) is 26.0 Å². The number of allylic oxidation sites excluding steroid dienone is 2. The fraction of sp³-hybridized carbons (Fsp3) is 0.667. The van der Waals surface area contributed by atoms with Crippen LogP contribution in [0.3, 0.4) is 0 Å². The Labute approximate surface area is 104 Å². The van der Waals surface area contributed by atoms with Gasteiger partial charge in [0.25, 0.3) is 0 Å². The maximum atomic E-state index is 13.4. The van der Waals surface area contributed by atoms with E-state index < -0.39 is 35.8 Å². The maximum Gasteiger partial charge on any atom is 0.378 e. The van der Waals surface area contributed by atoms with E-state index in [2.05, 4.69) is 0 Å². The van der Waals surface area contributed by atoms with E-state index in [1.54, 1.807) is 12.2 Å². The normalized spacial score (nSPS) is 18.1. The van der Waals surface area contributed by atoms with Crippen molar-refractivity contribution in [2.24, 2.45) is 11.8 Å². The molecule has 0 aromatic carbocycles. The van der Waals surface area contributed by atoms with Crippen LogP contribution in [0.2, 0.25) is 0 Å². The molecule has 0 aromatic rings. The van der Waals surface area contributed by atoms with E-state index in [4.69, 9.17) is 9.84 Å². The van der Waals surface area contributed by atoms with Gasteiger partial charge in [0, 0.05) is 0 Å². The third-order valence-electron chi connectivity index (χ3n) is 2.83. The highest BCUT2D eigenvalue weighted by Crippen LogP contribution is 2.30. The van der Waals surface area contributed by atoms with Gasteiger partial charge in [0.05, 0.1) is 5.92 Å². The molecule has 1 aliphatic rings. The van der Waals surface area contributed by atoms with Crippen LogP contribution < -0.4 is 0 Å². The number of esters is 1. The zero-order chi connectivity index (χ0) is 13.9.